The molecular weight excluding hydrogens is 376 g/mol. The first kappa shape index (κ1) is 26.1. The van der Waals surface area contributed by atoms with Crippen LogP contribution < -0.4 is 0 Å². The maximum atomic E-state index is 5.10. The third kappa shape index (κ3) is 6.06. The van der Waals surface area contributed by atoms with Gasteiger partial charge < -0.3 is 37.3 Å². The maximum Gasteiger partial charge on any atom is 0.0398 e. The van der Waals surface area contributed by atoms with Crippen molar-refractivity contribution in [3.8, 4) is 0 Å². The molecule has 3 heteroatoms. The summed E-state index contributed by atoms with van der Waals surface area (Å²) in [6, 6.07) is 0. The average molecular weight is 414 g/mol. The Morgan fingerprint density at radius 1 is 0.630 bits per heavy atom. The van der Waals surface area contributed by atoms with Gasteiger partial charge in [0, 0.05) is 44.5 Å². The van der Waals surface area contributed by atoms with Crippen molar-refractivity contribution in [3.63, 3.8) is 0 Å². The Hall–Kier alpha value is -0.861. The van der Waals surface area contributed by atoms with Gasteiger partial charge in [-0.05, 0) is 6.42 Å². The van der Waals surface area contributed by atoms with Gasteiger partial charge in [0.15, 0.2) is 0 Å². The van der Waals surface area contributed by atoms with E-state index in [2.05, 4.69) is 55.4 Å². The molecule has 27 heavy (non-hydrogen) atoms. The van der Waals surface area contributed by atoms with Crippen LogP contribution in [0, 0.1) is 55.4 Å². The normalized spacial score (nSPS) is 10.4. The van der Waals surface area contributed by atoms with Crippen LogP contribution in [0.4, 0.5) is 0 Å². The molecule has 0 fully saturated rings. The van der Waals surface area contributed by atoms with E-state index < -0.39 is 0 Å². The molecule has 0 amide bonds. The third-order valence-electron chi connectivity index (χ3n) is 6.30. The van der Waals surface area contributed by atoms with E-state index in [0.29, 0.717) is 0 Å². The monoisotopic (exact) mass is 414 g/mol. The molecule has 2 nitrogen and oxygen atoms in total. The van der Waals surface area contributed by atoms with Crippen molar-refractivity contribution in [1.82, 2.24) is 0 Å². The zero-order valence-corrected chi connectivity index (χ0v) is 20.1. The molecule has 2 rings (SSSR count). The molecule has 0 unspecified atom stereocenters. The Balaban J connectivity index is 0.000000483. The quantitative estimate of drug-likeness (QED) is 0.449. The van der Waals surface area contributed by atoms with E-state index in [4.69, 9.17) is 9.47 Å². The molecule has 0 saturated carbocycles. The van der Waals surface area contributed by atoms with Crippen LogP contribution in [0.25, 0.3) is 0 Å². The molecule has 0 spiro atoms. The first-order chi connectivity index (χ1) is 12.2. The van der Waals surface area contributed by atoms with Crippen molar-refractivity contribution >= 4 is 0 Å². The molecule has 0 aromatic heterocycles. The van der Waals surface area contributed by atoms with Crippen molar-refractivity contribution in [3.05, 3.63) is 55.6 Å². The van der Waals surface area contributed by atoms with E-state index in [1.54, 1.807) is 14.2 Å². The molecule has 0 aliphatic carbocycles. The molecule has 0 aliphatic rings. The summed E-state index contributed by atoms with van der Waals surface area (Å²) in [6.07, 6.45) is 2.09. The minimum Gasteiger partial charge on any atom is -0.731 e. The first-order valence-electron chi connectivity index (χ1n) is 9.60. The Kier molecular flexibility index (Phi) is 11.5. The molecule has 2 aromatic carbocycles. The van der Waals surface area contributed by atoms with Gasteiger partial charge in [0.25, 0.3) is 0 Å². The van der Waals surface area contributed by atoms with Crippen LogP contribution in [0.1, 0.15) is 55.6 Å². The van der Waals surface area contributed by atoms with Crippen LogP contribution >= 0.6 is 0 Å². The SMILES string of the molecule is COCC[c-]1[c-](C)[c-](C)[c-](C)[c-]1C.COCC[c-]1c(C)c(C)c(C)c1C.[Fe]. The molecular formula is C24H38FeO2-6. The topological polar surface area (TPSA) is 18.5 Å². The molecule has 0 aliphatic heterocycles. The van der Waals surface area contributed by atoms with Crippen molar-refractivity contribution in [2.24, 2.45) is 0 Å². The third-order valence-corrected chi connectivity index (χ3v) is 6.30. The van der Waals surface area contributed by atoms with E-state index >= 15 is 0 Å². The maximum absolute atomic E-state index is 5.10. The van der Waals surface area contributed by atoms with Gasteiger partial charge in [-0.25, -0.2) is 27.7 Å². The van der Waals surface area contributed by atoms with Crippen LogP contribution in [-0.4, -0.2) is 27.4 Å². The van der Waals surface area contributed by atoms with Crippen molar-refractivity contribution in [2.45, 2.75) is 68.2 Å². The summed E-state index contributed by atoms with van der Waals surface area (Å²) in [6.45, 7) is 19.3. The van der Waals surface area contributed by atoms with Gasteiger partial charge in [-0.3, -0.25) is 0 Å². The standard InChI is InChI=1S/2C12H19O.Fe/c2*1-8-9(2)11(4)12(10(8)3)6-7-13-5;/h2*6-7H2,1-5H3;/q-5;-1;. The first-order valence-corrected chi connectivity index (χ1v) is 9.60. The van der Waals surface area contributed by atoms with Gasteiger partial charge >= 0.3 is 0 Å². The molecule has 0 bridgehead atoms. The second kappa shape index (κ2) is 11.9. The van der Waals surface area contributed by atoms with Crippen LogP contribution in [0.2, 0.25) is 0 Å². The molecule has 2 aromatic rings. The van der Waals surface area contributed by atoms with E-state index in [1.807, 2.05) is 0 Å². The van der Waals surface area contributed by atoms with E-state index in [-0.39, 0.29) is 17.1 Å². The van der Waals surface area contributed by atoms with E-state index in [1.165, 1.54) is 55.6 Å². The van der Waals surface area contributed by atoms with Gasteiger partial charge in [0.05, 0.1) is 0 Å². The second-order valence-electron chi connectivity index (χ2n) is 7.44. The van der Waals surface area contributed by atoms with Crippen LogP contribution in [0.15, 0.2) is 0 Å². The molecule has 0 atom stereocenters. The van der Waals surface area contributed by atoms with Gasteiger partial charge in [-0.1, -0.05) is 27.7 Å². The Morgan fingerprint density at radius 2 is 1.00 bits per heavy atom. The van der Waals surface area contributed by atoms with E-state index in [0.717, 1.165) is 26.1 Å². The molecule has 160 valence electrons. The smallest absolute Gasteiger partial charge is 0.0398 e. The fraction of sp³-hybridized carbons (Fsp3) is 0.583. The summed E-state index contributed by atoms with van der Waals surface area (Å²) < 4.78 is 10.2. The number of hydrogen-bond donors (Lipinski definition) is 0. The van der Waals surface area contributed by atoms with Crippen molar-refractivity contribution < 1.29 is 26.5 Å². The van der Waals surface area contributed by atoms with Gasteiger partial charge in [0.2, 0.25) is 0 Å². The number of ether oxygens (including phenoxy) is 2. The summed E-state index contributed by atoms with van der Waals surface area (Å²) >= 11 is 0. The Morgan fingerprint density at radius 3 is 1.37 bits per heavy atom. The number of hydrogen-bond acceptors (Lipinski definition) is 2. The zero-order chi connectivity index (χ0) is 20.0. The fourth-order valence-corrected chi connectivity index (χ4v) is 3.75. The van der Waals surface area contributed by atoms with Gasteiger partial charge in [-0.15, -0.1) is 5.56 Å². The molecule has 0 saturated heterocycles. The zero-order valence-electron chi connectivity index (χ0n) is 19.0. The molecule has 0 radical (unpaired) electrons. The number of rotatable bonds is 6. The van der Waals surface area contributed by atoms with Gasteiger partial charge in [-0.2, -0.15) is 28.7 Å². The summed E-state index contributed by atoms with van der Waals surface area (Å²) in [4.78, 5) is 0. The second-order valence-corrected chi connectivity index (χ2v) is 7.44. The number of methoxy groups -OCH3 is 2. The predicted octanol–water partition coefficient (Wildman–Crippen LogP) is 5.65. The largest absolute Gasteiger partial charge is 0.731 e. The summed E-state index contributed by atoms with van der Waals surface area (Å²) in [5.41, 5.74) is 14.6. The fourth-order valence-electron chi connectivity index (χ4n) is 3.75. The Labute approximate surface area is 177 Å². The predicted molar refractivity (Wildman–Crippen MR) is 113 cm³/mol. The van der Waals surface area contributed by atoms with Gasteiger partial charge in [0.1, 0.15) is 0 Å². The van der Waals surface area contributed by atoms with Crippen molar-refractivity contribution in [1.29, 1.82) is 0 Å². The van der Waals surface area contributed by atoms with E-state index in [9.17, 15) is 0 Å². The minimum absolute atomic E-state index is 0. The van der Waals surface area contributed by atoms with Crippen LogP contribution in [0.3, 0.4) is 0 Å². The summed E-state index contributed by atoms with van der Waals surface area (Å²) in [7, 11) is 3.51. The average Bonchev–Trinajstić information content (AvgIpc) is 2.93. The van der Waals surface area contributed by atoms with Crippen LogP contribution in [0.5, 0.6) is 0 Å². The summed E-state index contributed by atoms with van der Waals surface area (Å²) in [5, 5.41) is 0. The minimum atomic E-state index is 0. The van der Waals surface area contributed by atoms with Crippen LogP contribution in [-0.2, 0) is 39.4 Å². The van der Waals surface area contributed by atoms with Crippen molar-refractivity contribution in [2.75, 3.05) is 27.4 Å². The molecule has 0 heterocycles. The molecule has 0 N–H and O–H groups in total. The summed E-state index contributed by atoms with van der Waals surface area (Å²) in [5.74, 6) is 0. The Bertz CT molecular complexity index is 607.